The van der Waals surface area contributed by atoms with E-state index in [0.29, 0.717) is 43.7 Å². The average molecular weight is 410 g/mol. The largest absolute Gasteiger partial charge is 0.439 e. The Balaban J connectivity index is 1.42. The maximum atomic E-state index is 12.5. The molecule has 0 saturated carbocycles. The molecule has 6 nitrogen and oxygen atoms in total. The number of carbonyl (C=O) groups excluding carboxylic acids is 1. The normalized spacial score (nSPS) is 16.6. The van der Waals surface area contributed by atoms with Crippen molar-refractivity contribution in [2.45, 2.75) is 25.1 Å². The van der Waals surface area contributed by atoms with Crippen LogP contribution in [0.1, 0.15) is 28.8 Å². The standard InChI is InChI=1S/C20H21F3N2O4/c21-20(22,23)15-4-7-18(25-12-15)29-16-5-2-14(3-6-16)19(26)24-9-1-10-28-17-8-11-27-13-17/h2-7,12,17H,1,8-11,13H2,(H,24,26)/t17-/m0/s1. The molecule has 0 aliphatic carbocycles. The third-order valence-corrected chi connectivity index (χ3v) is 4.25. The molecule has 156 valence electrons. The Morgan fingerprint density at radius 1 is 1.21 bits per heavy atom. The van der Waals surface area contributed by atoms with Gasteiger partial charge in [-0.15, -0.1) is 0 Å². The van der Waals surface area contributed by atoms with Crippen LogP contribution in [0.3, 0.4) is 0 Å². The van der Waals surface area contributed by atoms with Crippen molar-refractivity contribution in [1.82, 2.24) is 10.3 Å². The first kappa shape index (κ1) is 21.1. The number of alkyl halides is 3. The highest BCUT2D eigenvalue weighted by molar-refractivity contribution is 5.94. The second-order valence-electron chi connectivity index (χ2n) is 6.48. The molecule has 3 rings (SSSR count). The number of nitrogens with one attached hydrogen (secondary N) is 1. The lowest BCUT2D eigenvalue weighted by Gasteiger charge is -2.10. The second-order valence-corrected chi connectivity index (χ2v) is 6.48. The number of hydrogen-bond donors (Lipinski definition) is 1. The van der Waals surface area contributed by atoms with Gasteiger partial charge < -0.3 is 19.5 Å². The van der Waals surface area contributed by atoms with Crippen LogP contribution in [0, 0.1) is 0 Å². The van der Waals surface area contributed by atoms with E-state index in [2.05, 4.69) is 10.3 Å². The van der Waals surface area contributed by atoms with Gasteiger partial charge in [0.1, 0.15) is 5.75 Å². The molecule has 2 aromatic rings. The van der Waals surface area contributed by atoms with E-state index in [-0.39, 0.29) is 17.9 Å². The first-order valence-corrected chi connectivity index (χ1v) is 9.20. The van der Waals surface area contributed by atoms with Gasteiger partial charge >= 0.3 is 6.18 Å². The van der Waals surface area contributed by atoms with Gasteiger partial charge in [0.15, 0.2) is 0 Å². The lowest BCUT2D eigenvalue weighted by molar-refractivity contribution is -0.137. The Bertz CT molecular complexity index is 789. The van der Waals surface area contributed by atoms with E-state index in [1.165, 1.54) is 0 Å². The molecule has 1 saturated heterocycles. The Morgan fingerprint density at radius 3 is 2.62 bits per heavy atom. The molecule has 1 aliphatic rings. The SMILES string of the molecule is O=C(NCCCO[C@H]1CCOC1)c1ccc(Oc2ccc(C(F)(F)F)cn2)cc1. The van der Waals surface area contributed by atoms with Crippen molar-refractivity contribution in [2.24, 2.45) is 0 Å². The summed E-state index contributed by atoms with van der Waals surface area (Å²) in [5, 5.41) is 2.80. The number of rotatable bonds is 8. The van der Waals surface area contributed by atoms with Crippen LogP contribution >= 0.6 is 0 Å². The van der Waals surface area contributed by atoms with Crippen molar-refractivity contribution in [2.75, 3.05) is 26.4 Å². The first-order chi connectivity index (χ1) is 13.9. The summed E-state index contributed by atoms with van der Waals surface area (Å²) < 4.78 is 53.9. The zero-order valence-corrected chi connectivity index (χ0v) is 15.6. The zero-order chi connectivity index (χ0) is 20.7. The average Bonchev–Trinajstić information content (AvgIpc) is 3.21. The minimum Gasteiger partial charge on any atom is -0.439 e. The summed E-state index contributed by atoms with van der Waals surface area (Å²) in [6, 6.07) is 8.29. The molecule has 1 N–H and O–H groups in total. The summed E-state index contributed by atoms with van der Waals surface area (Å²) in [5.41, 5.74) is -0.401. The summed E-state index contributed by atoms with van der Waals surface area (Å²) in [6.07, 6.45) is -1.98. The number of carbonyl (C=O) groups is 1. The fourth-order valence-electron chi connectivity index (χ4n) is 2.67. The zero-order valence-electron chi connectivity index (χ0n) is 15.6. The summed E-state index contributed by atoms with van der Waals surface area (Å²) in [5.74, 6) is 0.164. The van der Waals surface area contributed by atoms with E-state index in [9.17, 15) is 18.0 Å². The quantitative estimate of drug-likeness (QED) is 0.670. The van der Waals surface area contributed by atoms with E-state index in [1.54, 1.807) is 24.3 Å². The smallest absolute Gasteiger partial charge is 0.417 e. The lowest BCUT2D eigenvalue weighted by Crippen LogP contribution is -2.25. The number of nitrogens with zero attached hydrogens (tertiary/aromatic N) is 1. The number of ether oxygens (including phenoxy) is 3. The van der Waals surface area contributed by atoms with Crippen LogP contribution in [-0.4, -0.2) is 43.4 Å². The highest BCUT2D eigenvalue weighted by Crippen LogP contribution is 2.30. The number of halogens is 3. The molecule has 1 fully saturated rings. The van der Waals surface area contributed by atoms with Gasteiger partial charge in [-0.2, -0.15) is 13.2 Å². The summed E-state index contributed by atoms with van der Waals surface area (Å²) in [6.45, 7) is 2.40. The molecule has 1 aromatic heterocycles. The molecule has 9 heteroatoms. The first-order valence-electron chi connectivity index (χ1n) is 9.20. The van der Waals surface area contributed by atoms with Crippen LogP contribution in [0.2, 0.25) is 0 Å². The third-order valence-electron chi connectivity index (χ3n) is 4.25. The van der Waals surface area contributed by atoms with Crippen molar-refractivity contribution in [3.8, 4) is 11.6 Å². The predicted molar refractivity (Wildman–Crippen MR) is 97.9 cm³/mol. The van der Waals surface area contributed by atoms with Crippen LogP contribution in [-0.2, 0) is 15.7 Å². The minimum atomic E-state index is -4.45. The van der Waals surface area contributed by atoms with Crippen LogP contribution in [0.15, 0.2) is 42.6 Å². The monoisotopic (exact) mass is 410 g/mol. The number of amides is 1. The molecule has 0 unspecified atom stereocenters. The van der Waals surface area contributed by atoms with Crippen LogP contribution < -0.4 is 10.1 Å². The second kappa shape index (κ2) is 9.71. The highest BCUT2D eigenvalue weighted by atomic mass is 19.4. The van der Waals surface area contributed by atoms with Gasteiger partial charge in [0, 0.05) is 37.6 Å². The minimum absolute atomic E-state index is 0.0304. The van der Waals surface area contributed by atoms with E-state index in [0.717, 1.165) is 25.2 Å². The van der Waals surface area contributed by atoms with Gasteiger partial charge in [0.05, 0.1) is 18.3 Å². The lowest BCUT2D eigenvalue weighted by atomic mass is 10.2. The molecule has 2 heterocycles. The van der Waals surface area contributed by atoms with Gasteiger partial charge in [0.2, 0.25) is 5.88 Å². The van der Waals surface area contributed by atoms with E-state index in [1.807, 2.05) is 0 Å². The molecule has 1 amide bonds. The molecule has 29 heavy (non-hydrogen) atoms. The van der Waals surface area contributed by atoms with Gasteiger partial charge in [-0.05, 0) is 43.2 Å². The van der Waals surface area contributed by atoms with Gasteiger partial charge in [-0.3, -0.25) is 4.79 Å². The highest BCUT2D eigenvalue weighted by Gasteiger charge is 2.30. The molecule has 0 bridgehead atoms. The Hall–Kier alpha value is -2.65. The maximum absolute atomic E-state index is 12.5. The van der Waals surface area contributed by atoms with Gasteiger partial charge in [-0.1, -0.05) is 0 Å². The summed E-state index contributed by atoms with van der Waals surface area (Å²) in [7, 11) is 0. The third kappa shape index (κ3) is 6.43. The van der Waals surface area contributed by atoms with Crippen molar-refractivity contribution in [3.05, 3.63) is 53.7 Å². The van der Waals surface area contributed by atoms with Crippen molar-refractivity contribution < 1.29 is 32.2 Å². The van der Waals surface area contributed by atoms with E-state index < -0.39 is 11.7 Å². The van der Waals surface area contributed by atoms with Crippen molar-refractivity contribution >= 4 is 5.91 Å². The fourth-order valence-corrected chi connectivity index (χ4v) is 2.67. The van der Waals surface area contributed by atoms with Gasteiger partial charge in [0.25, 0.3) is 5.91 Å². The molecule has 0 spiro atoms. The van der Waals surface area contributed by atoms with Gasteiger partial charge in [-0.25, -0.2) is 4.98 Å². The Kier molecular flexibility index (Phi) is 7.05. The van der Waals surface area contributed by atoms with Crippen molar-refractivity contribution in [1.29, 1.82) is 0 Å². The van der Waals surface area contributed by atoms with Crippen LogP contribution in [0.25, 0.3) is 0 Å². The molecule has 1 aromatic carbocycles. The molecule has 0 radical (unpaired) electrons. The van der Waals surface area contributed by atoms with Crippen molar-refractivity contribution in [3.63, 3.8) is 0 Å². The fraction of sp³-hybridized carbons (Fsp3) is 0.400. The van der Waals surface area contributed by atoms with E-state index >= 15 is 0 Å². The van der Waals surface area contributed by atoms with Crippen LogP contribution in [0.4, 0.5) is 13.2 Å². The maximum Gasteiger partial charge on any atom is 0.417 e. The predicted octanol–water partition coefficient (Wildman–Crippen LogP) is 3.82. The topological polar surface area (TPSA) is 69.7 Å². The summed E-state index contributed by atoms with van der Waals surface area (Å²) >= 11 is 0. The molecule has 1 atom stereocenters. The van der Waals surface area contributed by atoms with Crippen LogP contribution in [0.5, 0.6) is 11.6 Å². The Morgan fingerprint density at radius 2 is 2.00 bits per heavy atom. The molecule has 1 aliphatic heterocycles. The number of pyridine rings is 1. The van der Waals surface area contributed by atoms with E-state index in [4.69, 9.17) is 14.2 Å². The number of benzene rings is 1. The summed E-state index contributed by atoms with van der Waals surface area (Å²) in [4.78, 5) is 15.8. The number of hydrogen-bond acceptors (Lipinski definition) is 5. The molecular formula is C20H21F3N2O4. The Labute approximate surface area is 166 Å². The number of aromatic nitrogens is 1. The molecular weight excluding hydrogens is 389 g/mol.